The molecule has 1 fully saturated rings. The molecule has 0 bridgehead atoms. The number of benzene rings is 1. The molecule has 2 atom stereocenters. The van der Waals surface area contributed by atoms with Gasteiger partial charge in [-0.3, -0.25) is 4.79 Å². The second-order valence-electron chi connectivity index (χ2n) is 3.80. The van der Waals surface area contributed by atoms with Crippen LogP contribution in [-0.2, 0) is 4.79 Å². The Morgan fingerprint density at radius 1 is 1.40 bits per heavy atom. The Kier molecular flexibility index (Phi) is 2.60. The van der Waals surface area contributed by atoms with E-state index in [0.29, 0.717) is 13.1 Å². The van der Waals surface area contributed by atoms with E-state index >= 15 is 0 Å². The van der Waals surface area contributed by atoms with Crippen LogP contribution in [0.3, 0.4) is 0 Å². The third-order valence-corrected chi connectivity index (χ3v) is 2.83. The van der Waals surface area contributed by atoms with Crippen molar-refractivity contribution >= 4 is 5.97 Å². The number of phenolic OH excluding ortho intramolecular Hbond substituents is 1. The van der Waals surface area contributed by atoms with Crippen molar-refractivity contribution in [2.45, 2.75) is 5.92 Å². The van der Waals surface area contributed by atoms with Gasteiger partial charge in [-0.05, 0) is 17.7 Å². The van der Waals surface area contributed by atoms with E-state index in [0.717, 1.165) is 5.56 Å². The first-order valence-corrected chi connectivity index (χ1v) is 4.91. The summed E-state index contributed by atoms with van der Waals surface area (Å²) in [5.74, 6) is -1.04. The van der Waals surface area contributed by atoms with Gasteiger partial charge in [-0.25, -0.2) is 0 Å². The summed E-state index contributed by atoms with van der Waals surface area (Å²) < 4.78 is 0. The minimum absolute atomic E-state index is 0.0467. The maximum atomic E-state index is 11.0. The lowest BCUT2D eigenvalue weighted by Gasteiger charge is -2.14. The number of rotatable bonds is 2. The van der Waals surface area contributed by atoms with Crippen LogP contribution >= 0.6 is 0 Å². The highest BCUT2D eigenvalue weighted by atomic mass is 16.4. The van der Waals surface area contributed by atoms with Crippen LogP contribution in [0.25, 0.3) is 0 Å². The summed E-state index contributed by atoms with van der Waals surface area (Å²) >= 11 is 0. The largest absolute Gasteiger partial charge is 0.508 e. The number of phenols is 1. The molecule has 0 spiro atoms. The predicted octanol–water partition coefficient (Wildman–Crippen LogP) is 0.780. The number of carboxylic acid groups (broad SMARTS) is 1. The zero-order chi connectivity index (χ0) is 10.8. The molecule has 80 valence electrons. The van der Waals surface area contributed by atoms with Gasteiger partial charge in [-0.15, -0.1) is 0 Å². The summed E-state index contributed by atoms with van der Waals surface area (Å²) in [6, 6.07) is 6.81. The lowest BCUT2D eigenvalue weighted by Crippen LogP contribution is -2.20. The molecule has 1 aliphatic rings. The van der Waals surface area contributed by atoms with E-state index < -0.39 is 11.9 Å². The number of carbonyl (C=O) groups is 1. The Hall–Kier alpha value is -1.55. The predicted molar refractivity (Wildman–Crippen MR) is 54.8 cm³/mol. The Morgan fingerprint density at radius 2 is 2.20 bits per heavy atom. The SMILES string of the molecule is O=C(O)[C@@H]1CNC[C@@H]1c1cccc(O)c1. The molecule has 1 saturated heterocycles. The fourth-order valence-electron chi connectivity index (χ4n) is 2.04. The first kappa shape index (κ1) is 9.98. The molecule has 0 aromatic heterocycles. The molecule has 1 aliphatic heterocycles. The molecule has 1 aromatic carbocycles. The van der Waals surface area contributed by atoms with Crippen LogP contribution in [-0.4, -0.2) is 29.3 Å². The van der Waals surface area contributed by atoms with Gasteiger partial charge < -0.3 is 15.5 Å². The van der Waals surface area contributed by atoms with Crippen LogP contribution in [0.5, 0.6) is 5.75 Å². The Balaban J connectivity index is 2.26. The standard InChI is InChI=1S/C11H13NO3/c13-8-3-1-2-7(4-8)9-5-12-6-10(9)11(14)15/h1-4,9-10,12-13H,5-6H2,(H,14,15)/t9-,10-/m1/s1. The highest BCUT2D eigenvalue weighted by Crippen LogP contribution is 2.29. The van der Waals surface area contributed by atoms with Crippen molar-refractivity contribution in [3.05, 3.63) is 29.8 Å². The van der Waals surface area contributed by atoms with E-state index in [-0.39, 0.29) is 11.7 Å². The second kappa shape index (κ2) is 3.90. The molecule has 0 radical (unpaired) electrons. The molecule has 2 rings (SSSR count). The van der Waals surface area contributed by atoms with Gasteiger partial charge in [0.05, 0.1) is 5.92 Å². The minimum atomic E-state index is -0.784. The van der Waals surface area contributed by atoms with E-state index in [1.807, 2.05) is 6.07 Å². The fourth-order valence-corrected chi connectivity index (χ4v) is 2.04. The minimum Gasteiger partial charge on any atom is -0.508 e. The van der Waals surface area contributed by atoms with Crippen LogP contribution < -0.4 is 5.32 Å². The summed E-state index contributed by atoms with van der Waals surface area (Å²) in [5, 5.41) is 21.4. The number of hydrogen-bond donors (Lipinski definition) is 3. The van der Waals surface area contributed by atoms with E-state index in [9.17, 15) is 9.90 Å². The van der Waals surface area contributed by atoms with E-state index in [4.69, 9.17) is 5.11 Å². The quantitative estimate of drug-likeness (QED) is 0.670. The fraction of sp³-hybridized carbons (Fsp3) is 0.364. The van der Waals surface area contributed by atoms with Crippen molar-refractivity contribution in [2.24, 2.45) is 5.92 Å². The van der Waals surface area contributed by atoms with Gasteiger partial charge in [0.2, 0.25) is 0 Å². The molecular weight excluding hydrogens is 194 g/mol. The monoisotopic (exact) mass is 207 g/mol. The smallest absolute Gasteiger partial charge is 0.308 e. The van der Waals surface area contributed by atoms with Crippen molar-refractivity contribution < 1.29 is 15.0 Å². The van der Waals surface area contributed by atoms with Crippen molar-refractivity contribution in [3.8, 4) is 5.75 Å². The van der Waals surface area contributed by atoms with Crippen molar-refractivity contribution in [3.63, 3.8) is 0 Å². The molecule has 4 nitrogen and oxygen atoms in total. The average Bonchev–Trinajstić information content (AvgIpc) is 2.65. The molecule has 4 heteroatoms. The summed E-state index contributed by atoms with van der Waals surface area (Å²) in [6.07, 6.45) is 0. The average molecular weight is 207 g/mol. The Labute approximate surface area is 87.6 Å². The van der Waals surface area contributed by atoms with Crippen LogP contribution in [0, 0.1) is 5.92 Å². The van der Waals surface area contributed by atoms with Crippen LogP contribution in [0.1, 0.15) is 11.5 Å². The number of aliphatic carboxylic acids is 1. The zero-order valence-electron chi connectivity index (χ0n) is 8.18. The van der Waals surface area contributed by atoms with Gasteiger partial charge in [0, 0.05) is 19.0 Å². The molecule has 0 saturated carbocycles. The number of carboxylic acids is 1. The van der Waals surface area contributed by atoms with Gasteiger partial charge >= 0.3 is 5.97 Å². The van der Waals surface area contributed by atoms with Crippen LogP contribution in [0.4, 0.5) is 0 Å². The maximum absolute atomic E-state index is 11.0. The van der Waals surface area contributed by atoms with Crippen molar-refractivity contribution in [1.82, 2.24) is 5.32 Å². The number of hydrogen-bond acceptors (Lipinski definition) is 3. The number of aromatic hydroxyl groups is 1. The molecule has 1 aromatic rings. The van der Waals surface area contributed by atoms with Crippen molar-refractivity contribution in [2.75, 3.05) is 13.1 Å². The Morgan fingerprint density at radius 3 is 2.87 bits per heavy atom. The summed E-state index contributed by atoms with van der Waals surface area (Å²) in [5.41, 5.74) is 0.882. The van der Waals surface area contributed by atoms with Crippen molar-refractivity contribution in [1.29, 1.82) is 0 Å². The molecular formula is C11H13NO3. The first-order chi connectivity index (χ1) is 7.18. The molecule has 15 heavy (non-hydrogen) atoms. The molecule has 0 unspecified atom stereocenters. The highest BCUT2D eigenvalue weighted by Gasteiger charge is 2.33. The summed E-state index contributed by atoms with van der Waals surface area (Å²) in [4.78, 5) is 11.0. The normalized spacial score (nSPS) is 25.3. The zero-order valence-corrected chi connectivity index (χ0v) is 8.18. The Bertz CT molecular complexity index is 378. The highest BCUT2D eigenvalue weighted by molar-refractivity contribution is 5.72. The third kappa shape index (κ3) is 1.94. The molecule has 3 N–H and O–H groups in total. The second-order valence-corrected chi connectivity index (χ2v) is 3.80. The molecule has 1 heterocycles. The van der Waals surface area contributed by atoms with E-state index in [1.54, 1.807) is 18.2 Å². The van der Waals surface area contributed by atoms with E-state index in [1.165, 1.54) is 0 Å². The summed E-state index contributed by atoms with van der Waals surface area (Å²) in [6.45, 7) is 1.15. The van der Waals surface area contributed by atoms with Crippen LogP contribution in [0.2, 0.25) is 0 Å². The topological polar surface area (TPSA) is 69.6 Å². The summed E-state index contributed by atoms with van der Waals surface area (Å²) in [7, 11) is 0. The van der Waals surface area contributed by atoms with Gasteiger partial charge in [0.25, 0.3) is 0 Å². The number of nitrogens with one attached hydrogen (secondary N) is 1. The van der Waals surface area contributed by atoms with Gasteiger partial charge in [-0.2, -0.15) is 0 Å². The first-order valence-electron chi connectivity index (χ1n) is 4.91. The lowest BCUT2D eigenvalue weighted by atomic mass is 9.89. The van der Waals surface area contributed by atoms with Crippen LogP contribution in [0.15, 0.2) is 24.3 Å². The maximum Gasteiger partial charge on any atom is 0.308 e. The molecule has 0 amide bonds. The van der Waals surface area contributed by atoms with Gasteiger partial charge in [-0.1, -0.05) is 12.1 Å². The third-order valence-electron chi connectivity index (χ3n) is 2.83. The van der Waals surface area contributed by atoms with E-state index in [2.05, 4.69) is 5.32 Å². The lowest BCUT2D eigenvalue weighted by molar-refractivity contribution is -0.141. The van der Waals surface area contributed by atoms with Gasteiger partial charge in [0.15, 0.2) is 0 Å². The van der Waals surface area contributed by atoms with Gasteiger partial charge in [0.1, 0.15) is 5.75 Å². The molecule has 0 aliphatic carbocycles.